The molecule has 1 rings (SSSR count). The maximum absolute atomic E-state index is 10.7. The zero-order chi connectivity index (χ0) is 12.5. The van der Waals surface area contributed by atoms with Crippen molar-refractivity contribution in [3.63, 3.8) is 0 Å². The minimum absolute atomic E-state index is 0.556. The van der Waals surface area contributed by atoms with Crippen LogP contribution in [0.15, 0.2) is 23.1 Å². The molecule has 0 amide bonds. The van der Waals surface area contributed by atoms with E-state index < -0.39 is 38.1 Å². The molecule has 0 saturated heterocycles. The highest BCUT2D eigenvalue weighted by atomic mass is 32.2. The van der Waals surface area contributed by atoms with Crippen LogP contribution in [0.5, 0.6) is 0 Å². The van der Waals surface area contributed by atoms with Crippen molar-refractivity contribution in [3.8, 4) is 0 Å². The second-order valence-corrected chi connectivity index (χ2v) is 4.21. The average Bonchev–Trinajstić information content (AvgIpc) is 2.15. The lowest BCUT2D eigenvalue weighted by Crippen LogP contribution is -2.10. The predicted molar refractivity (Wildman–Crippen MR) is 50.2 cm³/mol. The van der Waals surface area contributed by atoms with Crippen LogP contribution in [0.2, 0.25) is 0 Å². The van der Waals surface area contributed by atoms with Gasteiger partial charge in [-0.1, -0.05) is 0 Å². The van der Waals surface area contributed by atoms with Crippen LogP contribution in [-0.4, -0.2) is 35.1 Å². The van der Waals surface area contributed by atoms with Gasteiger partial charge in [0.2, 0.25) is 0 Å². The first-order valence-electron chi connectivity index (χ1n) is 3.81. The van der Waals surface area contributed by atoms with Crippen molar-refractivity contribution in [2.24, 2.45) is 0 Å². The molecule has 0 fully saturated rings. The Balaban J connectivity index is 3.52. The Hall–Kier alpha value is -1.93. The topological polar surface area (TPSA) is 129 Å². The maximum Gasteiger partial charge on any atom is 0.336 e. The molecule has 0 aliphatic rings. The Morgan fingerprint density at radius 3 is 1.88 bits per heavy atom. The molecule has 7 nitrogen and oxygen atoms in total. The SMILES string of the molecule is O=C(O)c1ccc(S(=O)(=O)O)cc1C(=O)O. The summed E-state index contributed by atoms with van der Waals surface area (Å²) in [5.41, 5.74) is -1.26. The van der Waals surface area contributed by atoms with Gasteiger partial charge in [-0.3, -0.25) is 4.55 Å². The highest BCUT2D eigenvalue weighted by Gasteiger charge is 2.19. The average molecular weight is 246 g/mol. The number of hydrogen-bond donors (Lipinski definition) is 3. The molecule has 0 aliphatic heterocycles. The molecule has 1 aromatic rings. The van der Waals surface area contributed by atoms with Gasteiger partial charge in [-0.15, -0.1) is 0 Å². The first-order valence-corrected chi connectivity index (χ1v) is 5.25. The van der Waals surface area contributed by atoms with E-state index in [1.54, 1.807) is 0 Å². The fourth-order valence-corrected chi connectivity index (χ4v) is 1.55. The molecule has 0 radical (unpaired) electrons. The van der Waals surface area contributed by atoms with Gasteiger partial charge in [-0.25, -0.2) is 9.59 Å². The molecule has 0 spiro atoms. The van der Waals surface area contributed by atoms with E-state index in [0.717, 1.165) is 12.1 Å². The van der Waals surface area contributed by atoms with Gasteiger partial charge >= 0.3 is 11.9 Å². The Morgan fingerprint density at radius 1 is 1.00 bits per heavy atom. The van der Waals surface area contributed by atoms with Crippen molar-refractivity contribution in [2.45, 2.75) is 4.90 Å². The summed E-state index contributed by atoms with van der Waals surface area (Å²) in [6, 6.07) is 2.20. The van der Waals surface area contributed by atoms with Gasteiger partial charge in [-0.2, -0.15) is 8.42 Å². The summed E-state index contributed by atoms with van der Waals surface area (Å²) in [5.74, 6) is -3.10. The summed E-state index contributed by atoms with van der Waals surface area (Å²) < 4.78 is 30.1. The van der Waals surface area contributed by atoms with Gasteiger partial charge in [0.15, 0.2) is 0 Å². The summed E-state index contributed by atoms with van der Waals surface area (Å²) in [6.45, 7) is 0. The minimum Gasteiger partial charge on any atom is -0.478 e. The van der Waals surface area contributed by atoms with E-state index >= 15 is 0 Å². The van der Waals surface area contributed by atoms with Crippen LogP contribution >= 0.6 is 0 Å². The van der Waals surface area contributed by atoms with Gasteiger partial charge < -0.3 is 10.2 Å². The predicted octanol–water partition coefficient (Wildman–Crippen LogP) is 0.330. The number of carbonyl (C=O) groups is 2. The minimum atomic E-state index is -4.56. The molecule has 0 bridgehead atoms. The van der Waals surface area contributed by atoms with Crippen molar-refractivity contribution in [1.29, 1.82) is 0 Å². The molecule has 1 aromatic carbocycles. The van der Waals surface area contributed by atoms with Gasteiger partial charge in [-0.05, 0) is 18.2 Å². The largest absolute Gasteiger partial charge is 0.478 e. The summed E-state index contributed by atoms with van der Waals surface area (Å²) in [6.07, 6.45) is 0. The summed E-state index contributed by atoms with van der Waals surface area (Å²) >= 11 is 0. The fraction of sp³-hybridized carbons (Fsp3) is 0. The smallest absolute Gasteiger partial charge is 0.336 e. The van der Waals surface area contributed by atoms with Crippen molar-refractivity contribution in [2.75, 3.05) is 0 Å². The number of hydrogen-bond acceptors (Lipinski definition) is 4. The van der Waals surface area contributed by atoms with Crippen molar-refractivity contribution >= 4 is 22.1 Å². The van der Waals surface area contributed by atoms with Crippen LogP contribution < -0.4 is 0 Å². The Kier molecular flexibility index (Phi) is 2.97. The van der Waals surface area contributed by atoms with Crippen molar-refractivity contribution in [1.82, 2.24) is 0 Å². The third-order valence-electron chi connectivity index (χ3n) is 1.75. The highest BCUT2D eigenvalue weighted by Crippen LogP contribution is 2.16. The molecule has 16 heavy (non-hydrogen) atoms. The normalized spacial score (nSPS) is 11.1. The highest BCUT2D eigenvalue weighted by molar-refractivity contribution is 7.85. The van der Waals surface area contributed by atoms with Crippen LogP contribution in [0.3, 0.4) is 0 Å². The first kappa shape index (κ1) is 12.1. The van der Waals surface area contributed by atoms with E-state index in [9.17, 15) is 18.0 Å². The second kappa shape index (κ2) is 3.91. The Bertz CT molecular complexity index is 558. The third kappa shape index (κ3) is 2.35. The van der Waals surface area contributed by atoms with E-state index in [4.69, 9.17) is 14.8 Å². The number of rotatable bonds is 3. The number of benzene rings is 1. The summed E-state index contributed by atoms with van der Waals surface area (Å²) in [4.78, 5) is 20.6. The maximum atomic E-state index is 10.7. The third-order valence-corrected chi connectivity index (χ3v) is 2.60. The summed E-state index contributed by atoms with van der Waals surface area (Å²) in [5, 5.41) is 17.3. The number of aromatic carboxylic acids is 2. The molecule has 0 heterocycles. The lowest BCUT2D eigenvalue weighted by molar-refractivity contribution is 0.0651. The van der Waals surface area contributed by atoms with Crippen LogP contribution in [-0.2, 0) is 10.1 Å². The molecule has 0 atom stereocenters. The van der Waals surface area contributed by atoms with Crippen LogP contribution in [0.1, 0.15) is 20.7 Å². The van der Waals surface area contributed by atoms with Crippen molar-refractivity contribution < 1.29 is 32.8 Å². The molecule has 8 heteroatoms. The molecule has 86 valence electrons. The summed E-state index contributed by atoms with van der Waals surface area (Å²) in [7, 11) is -4.56. The van der Waals surface area contributed by atoms with E-state index in [1.165, 1.54) is 0 Å². The Labute approximate surface area is 89.7 Å². The van der Waals surface area contributed by atoms with Crippen molar-refractivity contribution in [3.05, 3.63) is 29.3 Å². The van der Waals surface area contributed by atoms with E-state index in [-0.39, 0.29) is 0 Å². The zero-order valence-corrected chi connectivity index (χ0v) is 8.43. The molecule has 0 aromatic heterocycles. The second-order valence-electron chi connectivity index (χ2n) is 2.79. The number of carboxylic acids is 2. The standard InChI is InChI=1S/C8H6O7S/c9-7(10)5-2-1-4(16(13,14)15)3-6(5)8(11)12/h1-3H,(H,9,10)(H,11,12)(H,13,14,15). The lowest BCUT2D eigenvalue weighted by atomic mass is 10.1. The monoisotopic (exact) mass is 246 g/mol. The van der Waals surface area contributed by atoms with Gasteiger partial charge in [0.1, 0.15) is 0 Å². The van der Waals surface area contributed by atoms with E-state index in [1.807, 2.05) is 0 Å². The number of carboxylic acid groups (broad SMARTS) is 2. The fourth-order valence-electron chi connectivity index (χ4n) is 1.05. The van der Waals surface area contributed by atoms with Gasteiger partial charge in [0, 0.05) is 0 Å². The Morgan fingerprint density at radius 2 is 1.50 bits per heavy atom. The molecule has 3 N–H and O–H groups in total. The zero-order valence-electron chi connectivity index (χ0n) is 7.61. The molecule has 0 unspecified atom stereocenters. The van der Waals surface area contributed by atoms with Crippen LogP contribution in [0.4, 0.5) is 0 Å². The molecule has 0 aliphatic carbocycles. The van der Waals surface area contributed by atoms with E-state index in [0.29, 0.717) is 6.07 Å². The van der Waals surface area contributed by atoms with E-state index in [2.05, 4.69) is 0 Å². The molecule has 0 saturated carbocycles. The van der Waals surface area contributed by atoms with Crippen LogP contribution in [0, 0.1) is 0 Å². The molecular formula is C8H6O7S. The first-order chi connectivity index (χ1) is 7.23. The quantitative estimate of drug-likeness (QED) is 0.655. The lowest BCUT2D eigenvalue weighted by Gasteiger charge is -2.03. The van der Waals surface area contributed by atoms with Gasteiger partial charge in [0.05, 0.1) is 16.0 Å². The molecular weight excluding hydrogens is 240 g/mol. The van der Waals surface area contributed by atoms with Gasteiger partial charge in [0.25, 0.3) is 10.1 Å². The van der Waals surface area contributed by atoms with Crippen LogP contribution in [0.25, 0.3) is 0 Å².